The fraction of sp³-hybridized carbons (Fsp3) is 0.500. The van der Waals surface area contributed by atoms with Crippen molar-refractivity contribution in [3.63, 3.8) is 0 Å². The van der Waals surface area contributed by atoms with Crippen LogP contribution in [0.25, 0.3) is 0 Å². The molecule has 1 rings (SSSR count). The predicted molar refractivity (Wildman–Crippen MR) is 38.1 cm³/mol. The van der Waals surface area contributed by atoms with Crippen molar-refractivity contribution in [2.24, 2.45) is 0 Å². The SMILES string of the molecule is C=C1OCCC/C1=C/C. The molecule has 0 aromatic carbocycles. The van der Waals surface area contributed by atoms with Gasteiger partial charge in [0, 0.05) is 0 Å². The summed E-state index contributed by atoms with van der Waals surface area (Å²) in [5, 5.41) is 0. The monoisotopic (exact) mass is 124 g/mol. The summed E-state index contributed by atoms with van der Waals surface area (Å²) in [7, 11) is 0. The van der Waals surface area contributed by atoms with Crippen LogP contribution in [0.15, 0.2) is 24.0 Å². The van der Waals surface area contributed by atoms with Crippen molar-refractivity contribution in [2.75, 3.05) is 6.61 Å². The first-order chi connectivity index (χ1) is 4.34. The summed E-state index contributed by atoms with van der Waals surface area (Å²) in [6.45, 7) is 6.64. The van der Waals surface area contributed by atoms with E-state index in [1.54, 1.807) is 0 Å². The van der Waals surface area contributed by atoms with E-state index in [1.807, 2.05) is 6.92 Å². The summed E-state index contributed by atoms with van der Waals surface area (Å²) in [6, 6.07) is 0. The third-order valence-corrected chi connectivity index (χ3v) is 1.57. The molecule has 9 heavy (non-hydrogen) atoms. The average molecular weight is 124 g/mol. The molecule has 0 saturated carbocycles. The second kappa shape index (κ2) is 2.72. The lowest BCUT2D eigenvalue weighted by Gasteiger charge is -2.17. The van der Waals surface area contributed by atoms with Crippen molar-refractivity contribution in [3.8, 4) is 0 Å². The summed E-state index contributed by atoms with van der Waals surface area (Å²) in [5.74, 6) is 0.865. The minimum absolute atomic E-state index is 0.843. The van der Waals surface area contributed by atoms with E-state index in [-0.39, 0.29) is 0 Å². The maximum atomic E-state index is 5.22. The van der Waals surface area contributed by atoms with E-state index in [1.165, 1.54) is 5.57 Å². The van der Waals surface area contributed by atoms with Gasteiger partial charge in [-0.25, -0.2) is 0 Å². The third-order valence-electron chi connectivity index (χ3n) is 1.57. The van der Waals surface area contributed by atoms with Gasteiger partial charge in [0.25, 0.3) is 0 Å². The molecule has 1 heteroatoms. The molecule has 1 fully saturated rings. The number of hydrogen-bond acceptors (Lipinski definition) is 1. The minimum Gasteiger partial charge on any atom is -0.494 e. The molecular weight excluding hydrogens is 112 g/mol. The van der Waals surface area contributed by atoms with Crippen LogP contribution in [0.5, 0.6) is 0 Å². The summed E-state index contributed by atoms with van der Waals surface area (Å²) < 4.78 is 5.22. The van der Waals surface area contributed by atoms with E-state index in [2.05, 4.69) is 12.7 Å². The molecule has 1 aliphatic heterocycles. The largest absolute Gasteiger partial charge is 0.494 e. The quantitative estimate of drug-likeness (QED) is 0.481. The maximum absolute atomic E-state index is 5.22. The topological polar surface area (TPSA) is 9.23 Å². The Morgan fingerprint density at radius 3 is 2.89 bits per heavy atom. The lowest BCUT2D eigenvalue weighted by Crippen LogP contribution is -2.04. The Labute approximate surface area is 56.0 Å². The molecule has 50 valence electrons. The third kappa shape index (κ3) is 1.35. The second-order valence-corrected chi connectivity index (χ2v) is 2.19. The first-order valence-corrected chi connectivity index (χ1v) is 3.32. The van der Waals surface area contributed by atoms with Crippen LogP contribution in [0, 0.1) is 0 Å². The molecule has 0 bridgehead atoms. The molecule has 1 saturated heterocycles. The summed E-state index contributed by atoms with van der Waals surface area (Å²) in [4.78, 5) is 0. The molecule has 0 radical (unpaired) electrons. The van der Waals surface area contributed by atoms with Gasteiger partial charge in [-0.2, -0.15) is 0 Å². The fourth-order valence-corrected chi connectivity index (χ4v) is 0.995. The normalized spacial score (nSPS) is 24.1. The van der Waals surface area contributed by atoms with Gasteiger partial charge in [0.1, 0.15) is 5.76 Å². The highest BCUT2D eigenvalue weighted by Gasteiger charge is 2.07. The van der Waals surface area contributed by atoms with Crippen LogP contribution in [0.2, 0.25) is 0 Å². The van der Waals surface area contributed by atoms with Gasteiger partial charge < -0.3 is 4.74 Å². The van der Waals surface area contributed by atoms with Gasteiger partial charge >= 0.3 is 0 Å². The molecule has 1 nitrogen and oxygen atoms in total. The van der Waals surface area contributed by atoms with Crippen LogP contribution < -0.4 is 0 Å². The standard InChI is InChI=1S/C8H12O/c1-3-8-5-4-6-9-7(8)2/h3H,2,4-6H2,1H3/b8-3-. The van der Waals surface area contributed by atoms with Crippen molar-refractivity contribution >= 4 is 0 Å². The lowest BCUT2D eigenvalue weighted by molar-refractivity contribution is 0.195. The maximum Gasteiger partial charge on any atom is 0.114 e. The zero-order chi connectivity index (χ0) is 6.69. The highest BCUT2D eigenvalue weighted by Crippen LogP contribution is 2.20. The lowest BCUT2D eigenvalue weighted by atomic mass is 10.1. The predicted octanol–water partition coefficient (Wildman–Crippen LogP) is 2.26. The van der Waals surface area contributed by atoms with Gasteiger partial charge in [0.05, 0.1) is 6.61 Å². The summed E-state index contributed by atoms with van der Waals surface area (Å²) >= 11 is 0. The van der Waals surface area contributed by atoms with Gasteiger partial charge in [0.15, 0.2) is 0 Å². The molecule has 1 aliphatic rings. The molecule has 0 aromatic heterocycles. The Bertz CT molecular complexity index is 145. The Morgan fingerprint density at radius 1 is 1.67 bits per heavy atom. The Balaban J connectivity index is 2.60. The van der Waals surface area contributed by atoms with Crippen molar-refractivity contribution in [2.45, 2.75) is 19.8 Å². The highest BCUT2D eigenvalue weighted by molar-refractivity contribution is 5.23. The molecule has 0 unspecified atom stereocenters. The Kier molecular flexibility index (Phi) is 1.93. The minimum atomic E-state index is 0.843. The van der Waals surface area contributed by atoms with E-state index in [0.29, 0.717) is 0 Å². The molecule has 0 aromatic rings. The number of hydrogen-bond donors (Lipinski definition) is 0. The highest BCUT2D eigenvalue weighted by atomic mass is 16.5. The molecule has 0 N–H and O–H groups in total. The molecule has 0 atom stereocenters. The van der Waals surface area contributed by atoms with E-state index in [4.69, 9.17) is 4.74 Å². The van der Waals surface area contributed by atoms with E-state index in [0.717, 1.165) is 25.2 Å². The van der Waals surface area contributed by atoms with Crippen LogP contribution in [0.1, 0.15) is 19.8 Å². The van der Waals surface area contributed by atoms with E-state index in [9.17, 15) is 0 Å². The van der Waals surface area contributed by atoms with Crippen molar-refractivity contribution in [1.82, 2.24) is 0 Å². The summed E-state index contributed by atoms with van der Waals surface area (Å²) in [6.07, 6.45) is 4.34. The van der Waals surface area contributed by atoms with Crippen LogP contribution in [0.3, 0.4) is 0 Å². The van der Waals surface area contributed by atoms with Crippen LogP contribution in [-0.2, 0) is 4.74 Å². The first-order valence-electron chi connectivity index (χ1n) is 3.32. The zero-order valence-electron chi connectivity index (χ0n) is 5.81. The molecular formula is C8H12O. The molecule has 0 amide bonds. The molecule has 1 heterocycles. The average Bonchev–Trinajstić information content (AvgIpc) is 1.89. The number of allylic oxidation sites excluding steroid dienone is 2. The molecule has 0 aliphatic carbocycles. The van der Waals surface area contributed by atoms with Crippen LogP contribution in [0.4, 0.5) is 0 Å². The van der Waals surface area contributed by atoms with Gasteiger partial charge in [-0.3, -0.25) is 0 Å². The number of rotatable bonds is 0. The van der Waals surface area contributed by atoms with Crippen LogP contribution in [-0.4, -0.2) is 6.61 Å². The van der Waals surface area contributed by atoms with Crippen LogP contribution >= 0.6 is 0 Å². The Hall–Kier alpha value is -0.720. The smallest absolute Gasteiger partial charge is 0.114 e. The van der Waals surface area contributed by atoms with Crippen molar-refractivity contribution in [1.29, 1.82) is 0 Å². The Morgan fingerprint density at radius 2 is 2.44 bits per heavy atom. The van der Waals surface area contributed by atoms with Gasteiger partial charge in [-0.15, -0.1) is 0 Å². The van der Waals surface area contributed by atoms with Gasteiger partial charge in [-0.05, 0) is 25.3 Å². The van der Waals surface area contributed by atoms with Crippen molar-refractivity contribution < 1.29 is 4.74 Å². The van der Waals surface area contributed by atoms with Gasteiger partial charge in [0.2, 0.25) is 0 Å². The van der Waals surface area contributed by atoms with Crippen molar-refractivity contribution in [3.05, 3.63) is 24.0 Å². The second-order valence-electron chi connectivity index (χ2n) is 2.19. The zero-order valence-corrected chi connectivity index (χ0v) is 5.81. The van der Waals surface area contributed by atoms with E-state index >= 15 is 0 Å². The van der Waals surface area contributed by atoms with E-state index < -0.39 is 0 Å². The first kappa shape index (κ1) is 6.40. The summed E-state index contributed by atoms with van der Waals surface area (Å²) in [5.41, 5.74) is 1.27. The number of ether oxygens (including phenoxy) is 1. The van der Waals surface area contributed by atoms with Gasteiger partial charge in [-0.1, -0.05) is 12.7 Å². The molecule has 0 spiro atoms. The fourth-order valence-electron chi connectivity index (χ4n) is 0.995.